The molecule has 0 aromatic carbocycles. The van der Waals surface area contributed by atoms with Gasteiger partial charge in [0.2, 0.25) is 0 Å². The van der Waals surface area contributed by atoms with E-state index in [0.29, 0.717) is 11.4 Å². The van der Waals surface area contributed by atoms with Gasteiger partial charge in [0.05, 0.1) is 37.6 Å². The molecule has 0 aliphatic carbocycles. The number of nitrogens with zero attached hydrogens (tertiary/aromatic N) is 3. The smallest absolute Gasteiger partial charge is 0.320 e. The van der Waals surface area contributed by atoms with Crippen LogP contribution >= 0.6 is 0 Å². The second-order valence-electron chi connectivity index (χ2n) is 14.3. The van der Waals surface area contributed by atoms with Gasteiger partial charge in [0.25, 0.3) is 0 Å². The minimum Gasteiger partial charge on any atom is -0.459 e. The van der Waals surface area contributed by atoms with Crippen molar-refractivity contribution in [2.45, 2.75) is 119 Å². The molecular weight excluding hydrogens is 542 g/mol. The van der Waals surface area contributed by atoms with E-state index in [0.717, 1.165) is 0 Å². The monoisotopic (exact) mass is 593 g/mol. The summed E-state index contributed by atoms with van der Waals surface area (Å²) in [7, 11) is 0. The zero-order valence-electron chi connectivity index (χ0n) is 27.6. The van der Waals surface area contributed by atoms with E-state index in [1.54, 1.807) is 111 Å². The average molecular weight is 594 g/mol. The molecule has 42 heavy (non-hydrogen) atoms. The van der Waals surface area contributed by atoms with Crippen LogP contribution < -0.4 is 0 Å². The molecule has 0 aliphatic heterocycles. The number of rotatable bonds is 12. The quantitative estimate of drug-likeness (QED) is 0.257. The zero-order chi connectivity index (χ0) is 32.5. The third-order valence-corrected chi connectivity index (χ3v) is 4.73. The highest BCUT2D eigenvalue weighted by Gasteiger charge is 2.26. The predicted octanol–water partition coefficient (Wildman–Crippen LogP) is 4.05. The van der Waals surface area contributed by atoms with Gasteiger partial charge in [-0.2, -0.15) is 0 Å². The highest BCUT2D eigenvalue weighted by molar-refractivity contribution is 5.76. The maximum Gasteiger partial charge on any atom is 0.320 e. The predicted molar refractivity (Wildman–Crippen MR) is 158 cm³/mol. The van der Waals surface area contributed by atoms with Gasteiger partial charge in [-0.1, -0.05) is 6.07 Å². The second-order valence-corrected chi connectivity index (χ2v) is 14.3. The van der Waals surface area contributed by atoms with Crippen molar-refractivity contribution < 1.29 is 38.1 Å². The SMILES string of the molecule is CC(C)(C)OC(=O)CN(CC(=O)OC(C)(C)C)Cc1cccc(CN(CC(=O)OC(C)(C)C)CC(=O)OC(C)(C)C)n1. The van der Waals surface area contributed by atoms with Crippen molar-refractivity contribution >= 4 is 23.9 Å². The van der Waals surface area contributed by atoms with Crippen molar-refractivity contribution in [1.82, 2.24) is 14.8 Å². The number of esters is 4. The largest absolute Gasteiger partial charge is 0.459 e. The first-order valence-corrected chi connectivity index (χ1v) is 14.2. The van der Waals surface area contributed by atoms with Crippen molar-refractivity contribution in [3.63, 3.8) is 0 Å². The third-order valence-electron chi connectivity index (χ3n) is 4.73. The Morgan fingerprint density at radius 3 is 0.976 bits per heavy atom. The standard InChI is InChI=1S/C31H51N3O8/c1-28(2,3)39-24(35)18-33(19-25(36)40-29(4,5)6)16-22-14-13-15-23(32-22)17-34(20-26(37)41-30(7,8)9)21-27(38)42-31(10,11)12/h13-15H,16-21H2,1-12H3. The topological polar surface area (TPSA) is 125 Å². The first-order valence-electron chi connectivity index (χ1n) is 14.2. The van der Waals surface area contributed by atoms with Gasteiger partial charge in [-0.05, 0) is 95.2 Å². The van der Waals surface area contributed by atoms with Crippen molar-refractivity contribution in [3.05, 3.63) is 29.6 Å². The Kier molecular flexibility index (Phi) is 13.1. The molecule has 0 saturated heterocycles. The molecule has 1 aromatic rings. The fraction of sp³-hybridized carbons (Fsp3) is 0.710. The van der Waals surface area contributed by atoms with E-state index in [9.17, 15) is 19.2 Å². The minimum absolute atomic E-state index is 0.147. The first kappa shape index (κ1) is 37.0. The molecule has 0 radical (unpaired) electrons. The molecule has 0 N–H and O–H groups in total. The molecule has 0 fully saturated rings. The molecule has 0 spiro atoms. The van der Waals surface area contributed by atoms with Crippen LogP contribution in [0.3, 0.4) is 0 Å². The Morgan fingerprint density at radius 1 is 0.524 bits per heavy atom. The third kappa shape index (κ3) is 18.4. The number of hydrogen-bond donors (Lipinski definition) is 0. The van der Waals surface area contributed by atoms with Crippen LogP contribution in [0.15, 0.2) is 18.2 Å². The fourth-order valence-corrected chi connectivity index (χ4v) is 3.72. The maximum absolute atomic E-state index is 12.6. The molecular formula is C31H51N3O8. The summed E-state index contributed by atoms with van der Waals surface area (Å²) in [5.74, 6) is -1.93. The van der Waals surface area contributed by atoms with Gasteiger partial charge >= 0.3 is 23.9 Å². The number of hydrogen-bond acceptors (Lipinski definition) is 11. The van der Waals surface area contributed by atoms with Crippen molar-refractivity contribution in [1.29, 1.82) is 0 Å². The molecule has 0 bridgehead atoms. The lowest BCUT2D eigenvalue weighted by Crippen LogP contribution is -2.40. The van der Waals surface area contributed by atoms with Crippen LogP contribution in [-0.4, -0.2) is 87.2 Å². The molecule has 0 aliphatic rings. The number of ether oxygens (including phenoxy) is 4. The fourth-order valence-electron chi connectivity index (χ4n) is 3.72. The van der Waals surface area contributed by atoms with Crippen LogP contribution in [0.4, 0.5) is 0 Å². The highest BCUT2D eigenvalue weighted by Crippen LogP contribution is 2.14. The molecule has 11 heteroatoms. The minimum atomic E-state index is -0.682. The molecule has 238 valence electrons. The molecule has 1 heterocycles. The van der Waals surface area contributed by atoms with E-state index < -0.39 is 46.3 Å². The van der Waals surface area contributed by atoms with Gasteiger partial charge in [0.15, 0.2) is 0 Å². The molecule has 0 atom stereocenters. The van der Waals surface area contributed by atoms with Gasteiger partial charge in [-0.25, -0.2) is 0 Å². The maximum atomic E-state index is 12.6. The molecule has 0 saturated carbocycles. The molecule has 1 rings (SSSR count). The lowest BCUT2D eigenvalue weighted by Gasteiger charge is -2.27. The Hall–Kier alpha value is -3.05. The summed E-state index contributed by atoms with van der Waals surface area (Å²) in [5.41, 5.74) is -1.57. The number of carbonyl (C=O) groups is 4. The summed E-state index contributed by atoms with van der Waals surface area (Å²) >= 11 is 0. The number of aromatic nitrogens is 1. The van der Waals surface area contributed by atoms with Gasteiger partial charge < -0.3 is 18.9 Å². The summed E-state index contributed by atoms with van der Waals surface area (Å²) in [6.07, 6.45) is 0. The zero-order valence-corrected chi connectivity index (χ0v) is 27.6. The Bertz CT molecular complexity index is 934. The van der Waals surface area contributed by atoms with Crippen molar-refractivity contribution in [3.8, 4) is 0 Å². The Labute approximate surface area is 251 Å². The van der Waals surface area contributed by atoms with Crippen LogP contribution in [0.2, 0.25) is 0 Å². The van der Waals surface area contributed by atoms with E-state index >= 15 is 0 Å². The normalized spacial score (nSPS) is 12.7. The van der Waals surface area contributed by atoms with E-state index in [4.69, 9.17) is 18.9 Å². The van der Waals surface area contributed by atoms with E-state index in [-0.39, 0.29) is 39.3 Å². The summed E-state index contributed by atoms with van der Waals surface area (Å²) in [6.45, 7) is 21.0. The van der Waals surface area contributed by atoms with Crippen molar-refractivity contribution in [2.24, 2.45) is 0 Å². The van der Waals surface area contributed by atoms with Crippen LogP contribution in [0, 0.1) is 0 Å². The van der Waals surface area contributed by atoms with E-state index in [2.05, 4.69) is 4.98 Å². The van der Waals surface area contributed by atoms with Crippen LogP contribution in [0.1, 0.15) is 94.5 Å². The lowest BCUT2D eigenvalue weighted by atomic mass is 10.2. The van der Waals surface area contributed by atoms with Gasteiger partial charge in [0.1, 0.15) is 22.4 Å². The van der Waals surface area contributed by atoms with Gasteiger partial charge in [-0.15, -0.1) is 0 Å². The van der Waals surface area contributed by atoms with E-state index in [1.165, 1.54) is 0 Å². The van der Waals surface area contributed by atoms with Crippen LogP contribution in [0.5, 0.6) is 0 Å². The Balaban J connectivity index is 3.16. The molecule has 0 unspecified atom stereocenters. The van der Waals surface area contributed by atoms with Crippen LogP contribution in [0.25, 0.3) is 0 Å². The summed E-state index contributed by atoms with van der Waals surface area (Å²) in [4.78, 5) is 58.3. The van der Waals surface area contributed by atoms with Crippen molar-refractivity contribution in [2.75, 3.05) is 26.2 Å². The Morgan fingerprint density at radius 2 is 0.762 bits per heavy atom. The highest BCUT2D eigenvalue weighted by atomic mass is 16.6. The lowest BCUT2D eigenvalue weighted by molar-refractivity contribution is -0.162. The summed E-state index contributed by atoms with van der Waals surface area (Å²) < 4.78 is 21.8. The van der Waals surface area contributed by atoms with Gasteiger partial charge in [-0.3, -0.25) is 34.0 Å². The second kappa shape index (κ2) is 14.9. The van der Waals surface area contributed by atoms with E-state index in [1.807, 2.05) is 0 Å². The molecule has 1 aromatic heterocycles. The van der Waals surface area contributed by atoms with Gasteiger partial charge in [0, 0.05) is 13.1 Å². The van der Waals surface area contributed by atoms with Crippen LogP contribution in [-0.2, 0) is 51.2 Å². The molecule has 11 nitrogen and oxygen atoms in total. The average Bonchev–Trinajstić information content (AvgIpc) is 2.67. The summed E-state index contributed by atoms with van der Waals surface area (Å²) in [5, 5.41) is 0. The number of pyridine rings is 1. The number of carbonyl (C=O) groups excluding carboxylic acids is 4. The first-order chi connectivity index (χ1) is 18.9. The molecule has 0 amide bonds. The summed E-state index contributed by atoms with van der Waals surface area (Å²) in [6, 6.07) is 5.33.